The minimum atomic E-state index is -0.0497. The van der Waals surface area contributed by atoms with Crippen LogP contribution in [-0.4, -0.2) is 16.6 Å². The molecule has 3 aromatic rings. The first-order chi connectivity index (χ1) is 13.5. The second-order valence-corrected chi connectivity index (χ2v) is 8.11. The lowest BCUT2D eigenvalue weighted by Crippen LogP contribution is -2.18. The number of benzene rings is 3. The van der Waals surface area contributed by atoms with Crippen molar-refractivity contribution < 1.29 is 4.79 Å². The van der Waals surface area contributed by atoms with Crippen LogP contribution in [0.15, 0.2) is 77.7 Å². The Hall–Kier alpha value is -2.05. The van der Waals surface area contributed by atoms with Crippen molar-refractivity contribution in [3.05, 3.63) is 88.4 Å². The van der Waals surface area contributed by atoms with Gasteiger partial charge in [0.1, 0.15) is 0 Å². The van der Waals surface area contributed by atoms with E-state index in [1.54, 1.807) is 18.2 Å². The standard InChI is InChI=1S/C21H16Cl2N2OS2/c22-14-9-10-18(19(23)11-14)20(26)13-28-17-8-4-7-16(12-17)25-21(27)24-15-5-2-1-3-6-15/h1-12H,13H2,(H2,24,25,27). The molecule has 0 aliphatic rings. The molecule has 0 fully saturated rings. The number of carbonyl (C=O) groups is 1. The molecule has 0 unspecified atom stereocenters. The minimum Gasteiger partial charge on any atom is -0.332 e. The van der Waals surface area contributed by atoms with Gasteiger partial charge in [0, 0.05) is 26.9 Å². The molecule has 0 aliphatic heterocycles. The summed E-state index contributed by atoms with van der Waals surface area (Å²) in [5.41, 5.74) is 2.23. The van der Waals surface area contributed by atoms with Gasteiger partial charge in [0.05, 0.1) is 10.8 Å². The fourth-order valence-corrected chi connectivity index (χ4v) is 4.01. The molecule has 0 atom stereocenters. The first-order valence-corrected chi connectivity index (χ1v) is 10.5. The summed E-state index contributed by atoms with van der Waals surface area (Å²) in [5, 5.41) is 7.65. The summed E-state index contributed by atoms with van der Waals surface area (Å²) in [6.45, 7) is 0. The number of halogens is 2. The molecule has 28 heavy (non-hydrogen) atoms. The lowest BCUT2D eigenvalue weighted by Gasteiger charge is -2.11. The molecule has 0 radical (unpaired) electrons. The van der Waals surface area contributed by atoms with E-state index in [0.29, 0.717) is 20.7 Å². The Bertz CT molecular complexity index is 997. The molecule has 3 nitrogen and oxygen atoms in total. The van der Waals surface area contributed by atoms with E-state index in [0.717, 1.165) is 16.3 Å². The second-order valence-electron chi connectivity index (χ2n) is 5.81. The highest BCUT2D eigenvalue weighted by molar-refractivity contribution is 8.00. The van der Waals surface area contributed by atoms with Crippen molar-refractivity contribution in [1.29, 1.82) is 0 Å². The number of anilines is 2. The van der Waals surface area contributed by atoms with Gasteiger partial charge in [0.15, 0.2) is 10.9 Å². The van der Waals surface area contributed by atoms with Crippen LogP contribution in [0, 0.1) is 0 Å². The number of carbonyl (C=O) groups excluding carboxylic acids is 1. The lowest BCUT2D eigenvalue weighted by atomic mass is 10.1. The van der Waals surface area contributed by atoms with Crippen LogP contribution in [0.1, 0.15) is 10.4 Å². The van der Waals surface area contributed by atoms with Crippen molar-refractivity contribution in [2.24, 2.45) is 0 Å². The SMILES string of the molecule is O=C(CSc1cccc(NC(=S)Nc2ccccc2)c1)c1ccc(Cl)cc1Cl. The van der Waals surface area contributed by atoms with E-state index in [9.17, 15) is 4.79 Å². The maximum atomic E-state index is 12.4. The number of Topliss-reactive ketones (excluding diaryl/α,β-unsaturated/α-hetero) is 1. The van der Waals surface area contributed by atoms with Crippen LogP contribution < -0.4 is 10.6 Å². The number of rotatable bonds is 6. The third kappa shape index (κ3) is 5.97. The number of hydrogen-bond donors (Lipinski definition) is 2. The summed E-state index contributed by atoms with van der Waals surface area (Å²) in [6, 6.07) is 22.3. The van der Waals surface area contributed by atoms with Gasteiger partial charge in [-0.05, 0) is 60.7 Å². The van der Waals surface area contributed by atoms with Crippen LogP contribution in [0.2, 0.25) is 10.0 Å². The molecule has 0 aromatic heterocycles. The number of thioether (sulfide) groups is 1. The van der Waals surface area contributed by atoms with Crippen LogP contribution in [0.25, 0.3) is 0 Å². The Labute approximate surface area is 183 Å². The van der Waals surface area contributed by atoms with E-state index in [4.69, 9.17) is 35.4 Å². The quantitative estimate of drug-likeness (QED) is 0.248. The molecule has 3 rings (SSSR count). The van der Waals surface area contributed by atoms with Crippen LogP contribution in [0.4, 0.5) is 11.4 Å². The monoisotopic (exact) mass is 446 g/mol. The molecular weight excluding hydrogens is 431 g/mol. The van der Waals surface area contributed by atoms with Crippen molar-refractivity contribution in [3.63, 3.8) is 0 Å². The molecule has 3 aromatic carbocycles. The smallest absolute Gasteiger partial charge is 0.175 e. The Balaban J connectivity index is 1.58. The first kappa shape index (κ1) is 20.7. The Morgan fingerprint density at radius 1 is 0.893 bits per heavy atom. The van der Waals surface area contributed by atoms with Gasteiger partial charge in [-0.3, -0.25) is 4.79 Å². The minimum absolute atomic E-state index is 0.0497. The van der Waals surface area contributed by atoms with Crippen molar-refractivity contribution in [3.8, 4) is 0 Å². The van der Waals surface area contributed by atoms with E-state index in [-0.39, 0.29) is 11.5 Å². The highest BCUT2D eigenvalue weighted by Gasteiger charge is 2.11. The van der Waals surface area contributed by atoms with E-state index in [1.807, 2.05) is 54.6 Å². The van der Waals surface area contributed by atoms with Gasteiger partial charge >= 0.3 is 0 Å². The number of ketones is 1. The molecule has 2 N–H and O–H groups in total. The average molecular weight is 447 g/mol. The zero-order chi connectivity index (χ0) is 19.9. The highest BCUT2D eigenvalue weighted by atomic mass is 35.5. The van der Waals surface area contributed by atoms with Gasteiger partial charge in [0.2, 0.25) is 0 Å². The molecule has 7 heteroatoms. The molecule has 0 aliphatic carbocycles. The number of thiocarbonyl (C=S) groups is 1. The van der Waals surface area contributed by atoms with Crippen LogP contribution in [0.5, 0.6) is 0 Å². The second kappa shape index (κ2) is 9.94. The highest BCUT2D eigenvalue weighted by Crippen LogP contribution is 2.26. The largest absolute Gasteiger partial charge is 0.332 e. The summed E-state index contributed by atoms with van der Waals surface area (Å²) in [5.74, 6) is 0.226. The summed E-state index contributed by atoms with van der Waals surface area (Å²) < 4.78 is 0. The van der Waals surface area contributed by atoms with Crippen molar-refractivity contribution in [2.75, 3.05) is 16.4 Å². The van der Waals surface area contributed by atoms with Crippen LogP contribution in [0.3, 0.4) is 0 Å². The van der Waals surface area contributed by atoms with Gasteiger partial charge < -0.3 is 10.6 Å². The molecule has 0 bridgehead atoms. The molecule has 0 heterocycles. The van der Waals surface area contributed by atoms with Gasteiger partial charge in [-0.2, -0.15) is 0 Å². The Morgan fingerprint density at radius 2 is 1.61 bits per heavy atom. The normalized spacial score (nSPS) is 10.4. The maximum absolute atomic E-state index is 12.4. The summed E-state index contributed by atoms with van der Waals surface area (Å²) in [7, 11) is 0. The summed E-state index contributed by atoms with van der Waals surface area (Å²) in [4.78, 5) is 13.4. The predicted molar refractivity (Wildman–Crippen MR) is 124 cm³/mol. The first-order valence-electron chi connectivity index (χ1n) is 8.35. The third-order valence-corrected chi connectivity index (χ3v) is 5.47. The van der Waals surface area contributed by atoms with Gasteiger partial charge in [-0.1, -0.05) is 47.5 Å². The van der Waals surface area contributed by atoms with Crippen molar-refractivity contribution in [1.82, 2.24) is 0 Å². The molecule has 142 valence electrons. The predicted octanol–water partition coefficient (Wildman–Crippen LogP) is 6.78. The topological polar surface area (TPSA) is 41.1 Å². The summed E-state index contributed by atoms with van der Waals surface area (Å²) in [6.07, 6.45) is 0. The molecule has 0 saturated carbocycles. The number of nitrogens with one attached hydrogen (secondary N) is 2. The average Bonchev–Trinajstić information content (AvgIpc) is 2.67. The molecule has 0 amide bonds. The van der Waals surface area contributed by atoms with E-state index in [1.165, 1.54) is 11.8 Å². The Kier molecular flexibility index (Phi) is 7.34. The number of para-hydroxylation sites is 1. The van der Waals surface area contributed by atoms with Crippen molar-refractivity contribution >= 4 is 69.5 Å². The molecular formula is C21H16Cl2N2OS2. The summed E-state index contributed by atoms with van der Waals surface area (Å²) >= 11 is 18.8. The molecule has 0 saturated heterocycles. The fourth-order valence-electron chi connectivity index (χ4n) is 2.42. The fraction of sp³-hybridized carbons (Fsp3) is 0.0476. The third-order valence-electron chi connectivity index (χ3n) is 3.73. The van der Waals surface area contributed by atoms with Crippen molar-refractivity contribution in [2.45, 2.75) is 4.90 Å². The van der Waals surface area contributed by atoms with Gasteiger partial charge in [-0.15, -0.1) is 11.8 Å². The van der Waals surface area contributed by atoms with Gasteiger partial charge in [0.25, 0.3) is 0 Å². The Morgan fingerprint density at radius 3 is 2.36 bits per heavy atom. The van der Waals surface area contributed by atoms with E-state index >= 15 is 0 Å². The van der Waals surface area contributed by atoms with E-state index in [2.05, 4.69) is 10.6 Å². The zero-order valence-corrected chi connectivity index (χ0v) is 17.8. The number of hydrogen-bond acceptors (Lipinski definition) is 3. The maximum Gasteiger partial charge on any atom is 0.175 e. The van der Waals surface area contributed by atoms with E-state index < -0.39 is 0 Å². The van der Waals surface area contributed by atoms with Crippen LogP contribution in [-0.2, 0) is 0 Å². The lowest BCUT2D eigenvalue weighted by molar-refractivity contribution is 0.102. The van der Waals surface area contributed by atoms with Gasteiger partial charge in [-0.25, -0.2) is 0 Å². The van der Waals surface area contributed by atoms with Crippen LogP contribution >= 0.6 is 47.2 Å². The zero-order valence-electron chi connectivity index (χ0n) is 14.6. The molecule has 0 spiro atoms.